The van der Waals surface area contributed by atoms with Crippen LogP contribution in [0.25, 0.3) is 0 Å². The molecule has 0 amide bonds. The van der Waals surface area contributed by atoms with E-state index in [4.69, 9.17) is 0 Å². The molecule has 19 heavy (non-hydrogen) atoms. The maximum Gasteiger partial charge on any atom is 0.120 e. The Labute approximate surface area is 123 Å². The number of hydrogen-bond acceptors (Lipinski definition) is 4. The molecule has 0 bridgehead atoms. The molecule has 108 valence electrons. The molecule has 2 heterocycles. The van der Waals surface area contributed by atoms with Crippen molar-refractivity contribution in [3.63, 3.8) is 0 Å². The molecule has 0 aromatic carbocycles. The zero-order valence-electron chi connectivity index (χ0n) is 11.9. The molecule has 1 aromatic heterocycles. The molecule has 1 N–H and O–H groups in total. The Bertz CT molecular complexity index is 434. The van der Waals surface area contributed by atoms with E-state index in [0.717, 1.165) is 42.6 Å². The standard InChI is InChI=1S/C13H23BrN4O/c1-16(2)7-8-18-12(11(14)9-15-18)13(19)5-4-6-17(3)10-13/h9,19H,4-8,10H2,1-3H3. The molecule has 1 saturated heterocycles. The third kappa shape index (κ3) is 3.37. The lowest BCUT2D eigenvalue weighted by Crippen LogP contribution is -2.45. The lowest BCUT2D eigenvalue weighted by atomic mass is 9.89. The van der Waals surface area contributed by atoms with E-state index in [1.54, 1.807) is 6.20 Å². The summed E-state index contributed by atoms with van der Waals surface area (Å²) in [5, 5.41) is 15.4. The van der Waals surface area contributed by atoms with E-state index in [-0.39, 0.29) is 0 Å². The molecule has 0 spiro atoms. The van der Waals surface area contributed by atoms with Crippen LogP contribution in [0.3, 0.4) is 0 Å². The molecule has 1 fully saturated rings. The molecule has 5 nitrogen and oxygen atoms in total. The first kappa shape index (κ1) is 15.0. The molecule has 0 aliphatic carbocycles. The SMILES string of the molecule is CN(C)CCn1ncc(Br)c1C1(O)CCCN(C)C1. The maximum absolute atomic E-state index is 11.0. The lowest BCUT2D eigenvalue weighted by molar-refractivity contribution is -0.0353. The van der Waals surface area contributed by atoms with Crippen LogP contribution in [0.1, 0.15) is 18.5 Å². The molecule has 1 aliphatic heterocycles. The minimum absolute atomic E-state index is 0.666. The smallest absolute Gasteiger partial charge is 0.120 e. The Morgan fingerprint density at radius 1 is 1.53 bits per heavy atom. The van der Waals surface area contributed by atoms with Crippen molar-refractivity contribution in [3.8, 4) is 0 Å². The summed E-state index contributed by atoms with van der Waals surface area (Å²) in [4.78, 5) is 4.30. The van der Waals surface area contributed by atoms with Crippen LogP contribution >= 0.6 is 15.9 Å². The Morgan fingerprint density at radius 3 is 2.89 bits per heavy atom. The van der Waals surface area contributed by atoms with Gasteiger partial charge in [0.15, 0.2) is 0 Å². The van der Waals surface area contributed by atoms with Crippen molar-refractivity contribution in [2.45, 2.75) is 25.0 Å². The van der Waals surface area contributed by atoms with Gasteiger partial charge < -0.3 is 14.9 Å². The van der Waals surface area contributed by atoms with E-state index in [9.17, 15) is 5.11 Å². The third-order valence-electron chi connectivity index (χ3n) is 3.66. The summed E-state index contributed by atoms with van der Waals surface area (Å²) >= 11 is 3.54. The summed E-state index contributed by atoms with van der Waals surface area (Å²) in [5.41, 5.74) is 0.121. The normalized spacial score (nSPS) is 25.2. The third-order valence-corrected chi connectivity index (χ3v) is 4.24. The Kier molecular flexibility index (Phi) is 4.66. The maximum atomic E-state index is 11.0. The number of hydrogen-bond donors (Lipinski definition) is 1. The van der Waals surface area contributed by atoms with E-state index < -0.39 is 5.60 Å². The van der Waals surface area contributed by atoms with E-state index in [1.165, 1.54) is 0 Å². The molecular weight excluding hydrogens is 308 g/mol. The fraction of sp³-hybridized carbons (Fsp3) is 0.769. The molecule has 0 radical (unpaired) electrons. The number of β-amino-alcohol motifs (C(OH)–C–C–N with tert-alkyl or cyclic N) is 1. The van der Waals surface area contributed by atoms with Crippen LogP contribution in [0.2, 0.25) is 0 Å². The average molecular weight is 331 g/mol. The van der Waals surface area contributed by atoms with Gasteiger partial charge in [-0.15, -0.1) is 0 Å². The summed E-state index contributed by atoms with van der Waals surface area (Å²) in [6.07, 6.45) is 3.60. The molecule has 0 saturated carbocycles. The summed E-state index contributed by atoms with van der Waals surface area (Å²) in [7, 11) is 6.14. The molecule has 6 heteroatoms. The Hall–Kier alpha value is -0.430. The number of likely N-dealkylation sites (N-methyl/N-ethyl adjacent to an activating group) is 2. The van der Waals surface area contributed by atoms with Gasteiger partial charge in [-0.05, 0) is 56.5 Å². The predicted octanol–water partition coefficient (Wildman–Crippen LogP) is 1.12. The zero-order chi connectivity index (χ0) is 14.0. The predicted molar refractivity (Wildman–Crippen MR) is 79.1 cm³/mol. The summed E-state index contributed by atoms with van der Waals surface area (Å²) in [6.45, 7) is 3.41. The second-order valence-electron chi connectivity index (χ2n) is 5.74. The summed E-state index contributed by atoms with van der Waals surface area (Å²) < 4.78 is 2.84. The first-order chi connectivity index (χ1) is 8.92. The first-order valence-corrected chi connectivity index (χ1v) is 7.49. The minimum Gasteiger partial charge on any atom is -0.382 e. The minimum atomic E-state index is -0.797. The van der Waals surface area contributed by atoms with Crippen LogP contribution in [0.5, 0.6) is 0 Å². The first-order valence-electron chi connectivity index (χ1n) is 6.70. The van der Waals surface area contributed by atoms with Gasteiger partial charge in [0.2, 0.25) is 0 Å². The van der Waals surface area contributed by atoms with Crippen LogP contribution in [0.15, 0.2) is 10.7 Å². The topological polar surface area (TPSA) is 44.5 Å². The highest BCUT2D eigenvalue weighted by molar-refractivity contribution is 9.10. The van der Waals surface area contributed by atoms with Gasteiger partial charge in [-0.2, -0.15) is 5.10 Å². The monoisotopic (exact) mass is 330 g/mol. The fourth-order valence-corrected chi connectivity index (χ4v) is 3.39. The van der Waals surface area contributed by atoms with E-state index in [2.05, 4.69) is 37.9 Å². The number of nitrogens with zero attached hydrogens (tertiary/aromatic N) is 4. The molecule has 1 atom stereocenters. The lowest BCUT2D eigenvalue weighted by Gasteiger charge is -2.38. The van der Waals surface area contributed by atoms with Gasteiger partial charge in [0.1, 0.15) is 5.60 Å². The van der Waals surface area contributed by atoms with Crippen molar-refractivity contribution in [1.82, 2.24) is 19.6 Å². The molecular formula is C13H23BrN4O. The Balaban J connectivity index is 2.24. The van der Waals surface area contributed by atoms with Crippen molar-refractivity contribution in [2.75, 3.05) is 40.8 Å². The molecule has 1 aromatic rings. The average Bonchev–Trinajstić information content (AvgIpc) is 2.68. The van der Waals surface area contributed by atoms with Gasteiger partial charge in [-0.3, -0.25) is 4.68 Å². The molecule has 1 unspecified atom stereocenters. The molecule has 1 aliphatic rings. The largest absolute Gasteiger partial charge is 0.382 e. The van der Waals surface area contributed by atoms with Gasteiger partial charge in [0, 0.05) is 13.1 Å². The van der Waals surface area contributed by atoms with Crippen molar-refractivity contribution in [1.29, 1.82) is 0 Å². The highest BCUT2D eigenvalue weighted by Crippen LogP contribution is 2.35. The molecule has 2 rings (SSSR count). The van der Waals surface area contributed by atoms with Gasteiger partial charge in [-0.25, -0.2) is 0 Å². The van der Waals surface area contributed by atoms with Crippen LogP contribution in [0, 0.1) is 0 Å². The van der Waals surface area contributed by atoms with Crippen molar-refractivity contribution in [3.05, 3.63) is 16.4 Å². The Morgan fingerprint density at radius 2 is 2.26 bits per heavy atom. The van der Waals surface area contributed by atoms with Crippen LogP contribution < -0.4 is 0 Å². The van der Waals surface area contributed by atoms with E-state index >= 15 is 0 Å². The number of rotatable bonds is 4. The van der Waals surface area contributed by atoms with Crippen LogP contribution in [-0.2, 0) is 12.1 Å². The number of piperidine rings is 1. The van der Waals surface area contributed by atoms with Gasteiger partial charge in [0.25, 0.3) is 0 Å². The quantitative estimate of drug-likeness (QED) is 0.898. The second kappa shape index (κ2) is 5.91. The van der Waals surface area contributed by atoms with Gasteiger partial charge in [-0.1, -0.05) is 0 Å². The van der Waals surface area contributed by atoms with Gasteiger partial charge >= 0.3 is 0 Å². The van der Waals surface area contributed by atoms with Crippen LogP contribution in [0.4, 0.5) is 0 Å². The number of aromatic nitrogens is 2. The van der Waals surface area contributed by atoms with Crippen molar-refractivity contribution < 1.29 is 5.11 Å². The number of likely N-dealkylation sites (tertiary alicyclic amines) is 1. The fourth-order valence-electron chi connectivity index (χ4n) is 2.73. The number of aliphatic hydroxyl groups is 1. The van der Waals surface area contributed by atoms with Crippen molar-refractivity contribution in [2.24, 2.45) is 0 Å². The van der Waals surface area contributed by atoms with Gasteiger partial charge in [0.05, 0.1) is 22.9 Å². The second-order valence-corrected chi connectivity index (χ2v) is 6.59. The highest BCUT2D eigenvalue weighted by atomic mass is 79.9. The zero-order valence-corrected chi connectivity index (χ0v) is 13.5. The van der Waals surface area contributed by atoms with E-state index in [1.807, 2.05) is 18.8 Å². The highest BCUT2D eigenvalue weighted by Gasteiger charge is 2.38. The number of halogens is 1. The summed E-state index contributed by atoms with van der Waals surface area (Å²) in [5.74, 6) is 0. The van der Waals surface area contributed by atoms with Crippen LogP contribution in [-0.4, -0.2) is 65.5 Å². The summed E-state index contributed by atoms with van der Waals surface area (Å²) in [6, 6.07) is 0. The van der Waals surface area contributed by atoms with E-state index in [0.29, 0.717) is 6.54 Å². The van der Waals surface area contributed by atoms with Crippen molar-refractivity contribution >= 4 is 15.9 Å².